The van der Waals surface area contributed by atoms with E-state index in [2.05, 4.69) is 10.3 Å². The third-order valence-electron chi connectivity index (χ3n) is 3.56. The van der Waals surface area contributed by atoms with Gasteiger partial charge in [0.2, 0.25) is 0 Å². The Morgan fingerprint density at radius 3 is 2.91 bits per heavy atom. The van der Waals surface area contributed by atoms with E-state index in [4.69, 9.17) is 9.84 Å². The quantitative estimate of drug-likeness (QED) is 0.681. The first kappa shape index (κ1) is 16.9. The molecular weight excluding hydrogens is 304 g/mol. The molecule has 0 saturated carbocycles. The van der Waals surface area contributed by atoms with Gasteiger partial charge in [0.15, 0.2) is 0 Å². The van der Waals surface area contributed by atoms with Crippen LogP contribution in [0.15, 0.2) is 6.20 Å². The molecule has 122 valence electrons. The Bertz CT molecular complexity index is 497. The molecule has 1 atom stereocenters. The smallest absolute Gasteiger partial charge is 0.303 e. The van der Waals surface area contributed by atoms with Crippen LogP contribution in [0.25, 0.3) is 0 Å². The summed E-state index contributed by atoms with van der Waals surface area (Å²) in [7, 11) is 0. The minimum atomic E-state index is -0.749. The summed E-state index contributed by atoms with van der Waals surface area (Å²) in [5.41, 5.74) is 0. The van der Waals surface area contributed by atoms with Crippen LogP contribution in [0, 0.1) is 0 Å². The summed E-state index contributed by atoms with van der Waals surface area (Å²) in [5.74, 6) is -0.840. The van der Waals surface area contributed by atoms with Gasteiger partial charge in [-0.2, -0.15) is 0 Å². The molecule has 1 aromatic heterocycles. The molecule has 1 aliphatic rings. The molecule has 1 amide bonds. The summed E-state index contributed by atoms with van der Waals surface area (Å²) in [5, 5.41) is 12.3. The molecular formula is C15H22N2O4S. The summed E-state index contributed by atoms with van der Waals surface area (Å²) in [4.78, 5) is 27.3. The molecule has 0 bridgehead atoms. The summed E-state index contributed by atoms with van der Waals surface area (Å²) in [6.07, 6.45) is 7.29. The summed E-state index contributed by atoms with van der Waals surface area (Å²) < 4.78 is 5.56. The second-order valence-electron chi connectivity index (χ2n) is 5.38. The first-order valence-electron chi connectivity index (χ1n) is 7.74. The fourth-order valence-electron chi connectivity index (χ4n) is 2.36. The Balaban J connectivity index is 1.62. The van der Waals surface area contributed by atoms with E-state index in [1.54, 1.807) is 6.20 Å². The Labute approximate surface area is 133 Å². The van der Waals surface area contributed by atoms with E-state index in [-0.39, 0.29) is 18.4 Å². The van der Waals surface area contributed by atoms with Gasteiger partial charge in [-0.3, -0.25) is 9.59 Å². The predicted octanol–water partition coefficient (Wildman–Crippen LogP) is 2.76. The molecule has 1 saturated heterocycles. The number of carbonyl (C=O) groups excluding carboxylic acids is 1. The molecule has 2 N–H and O–H groups in total. The second kappa shape index (κ2) is 8.85. The number of rotatable bonds is 9. The van der Waals surface area contributed by atoms with Crippen LogP contribution in [0.3, 0.4) is 0 Å². The van der Waals surface area contributed by atoms with Crippen LogP contribution in [0.5, 0.6) is 0 Å². The van der Waals surface area contributed by atoms with E-state index >= 15 is 0 Å². The van der Waals surface area contributed by atoms with Crippen LogP contribution in [-0.4, -0.2) is 35.1 Å². The van der Waals surface area contributed by atoms with E-state index in [0.29, 0.717) is 17.8 Å². The lowest BCUT2D eigenvalue weighted by molar-refractivity contribution is -0.137. The number of nitrogens with one attached hydrogen (secondary N) is 1. The van der Waals surface area contributed by atoms with Crippen molar-refractivity contribution in [2.75, 3.05) is 13.2 Å². The van der Waals surface area contributed by atoms with Crippen molar-refractivity contribution in [2.45, 2.75) is 51.0 Å². The van der Waals surface area contributed by atoms with Gasteiger partial charge in [-0.1, -0.05) is 12.8 Å². The highest BCUT2D eigenvalue weighted by Gasteiger charge is 2.22. The van der Waals surface area contributed by atoms with Crippen molar-refractivity contribution in [3.63, 3.8) is 0 Å². The van der Waals surface area contributed by atoms with Crippen molar-refractivity contribution < 1.29 is 19.4 Å². The summed E-state index contributed by atoms with van der Waals surface area (Å²) >= 11 is 1.40. The van der Waals surface area contributed by atoms with Crippen LogP contribution in [-0.2, 0) is 9.53 Å². The largest absolute Gasteiger partial charge is 0.481 e. The van der Waals surface area contributed by atoms with Gasteiger partial charge in [-0.05, 0) is 25.7 Å². The van der Waals surface area contributed by atoms with Crippen LogP contribution < -0.4 is 5.32 Å². The fourth-order valence-corrected chi connectivity index (χ4v) is 3.28. The highest BCUT2D eigenvalue weighted by Crippen LogP contribution is 2.31. The van der Waals surface area contributed by atoms with Gasteiger partial charge in [0, 0.05) is 19.6 Å². The third kappa shape index (κ3) is 5.38. The number of ether oxygens (including phenoxy) is 1. The van der Waals surface area contributed by atoms with E-state index in [0.717, 1.165) is 43.7 Å². The van der Waals surface area contributed by atoms with E-state index in [9.17, 15) is 9.59 Å². The van der Waals surface area contributed by atoms with Crippen molar-refractivity contribution in [3.05, 3.63) is 16.1 Å². The lowest BCUT2D eigenvalue weighted by atomic mass is 10.1. The molecule has 2 rings (SSSR count). The molecule has 0 aromatic carbocycles. The predicted molar refractivity (Wildman–Crippen MR) is 83.1 cm³/mol. The number of thiazole rings is 1. The molecule has 1 unspecified atom stereocenters. The Kier molecular flexibility index (Phi) is 6.79. The molecule has 0 aliphatic carbocycles. The first-order chi connectivity index (χ1) is 10.7. The molecule has 22 heavy (non-hydrogen) atoms. The van der Waals surface area contributed by atoms with Crippen molar-refractivity contribution in [1.29, 1.82) is 0 Å². The van der Waals surface area contributed by atoms with Crippen molar-refractivity contribution in [3.8, 4) is 0 Å². The zero-order chi connectivity index (χ0) is 15.8. The number of amides is 1. The number of carboxylic acids is 1. The van der Waals surface area contributed by atoms with Crippen LogP contribution in [0.4, 0.5) is 0 Å². The second-order valence-corrected chi connectivity index (χ2v) is 6.44. The minimum Gasteiger partial charge on any atom is -0.481 e. The van der Waals surface area contributed by atoms with Crippen LogP contribution >= 0.6 is 11.3 Å². The SMILES string of the molecule is O=C(O)CCCCCCNC(=O)c1cnc(C2CCCO2)s1. The molecule has 1 fully saturated rings. The maximum atomic E-state index is 12.0. The zero-order valence-corrected chi connectivity index (χ0v) is 13.4. The molecule has 2 heterocycles. The highest BCUT2D eigenvalue weighted by atomic mass is 32.1. The van der Waals surface area contributed by atoms with Crippen molar-refractivity contribution >= 4 is 23.2 Å². The summed E-state index contributed by atoms with van der Waals surface area (Å²) in [6, 6.07) is 0. The lowest BCUT2D eigenvalue weighted by Crippen LogP contribution is -2.23. The molecule has 0 spiro atoms. The average Bonchev–Trinajstić information content (AvgIpc) is 3.16. The zero-order valence-electron chi connectivity index (χ0n) is 12.5. The fraction of sp³-hybridized carbons (Fsp3) is 0.667. The Hall–Kier alpha value is -1.47. The van der Waals surface area contributed by atoms with Gasteiger partial charge in [0.25, 0.3) is 5.91 Å². The standard InChI is InChI=1S/C15H22N2O4S/c18-13(19)7-3-1-2-4-8-16-14(20)12-10-17-15(22-12)11-6-5-9-21-11/h10-11H,1-9H2,(H,16,20)(H,18,19). The van der Waals surface area contributed by atoms with E-state index in [1.807, 2.05) is 0 Å². The molecule has 0 radical (unpaired) electrons. The number of nitrogens with zero attached hydrogens (tertiary/aromatic N) is 1. The van der Waals surface area contributed by atoms with Gasteiger partial charge in [-0.25, -0.2) is 4.98 Å². The van der Waals surface area contributed by atoms with Crippen LogP contribution in [0.1, 0.15) is 65.7 Å². The maximum Gasteiger partial charge on any atom is 0.303 e. The van der Waals surface area contributed by atoms with Crippen molar-refractivity contribution in [2.24, 2.45) is 0 Å². The average molecular weight is 326 g/mol. The highest BCUT2D eigenvalue weighted by molar-refractivity contribution is 7.13. The van der Waals surface area contributed by atoms with Gasteiger partial charge in [-0.15, -0.1) is 11.3 Å². The monoisotopic (exact) mass is 326 g/mol. The number of aliphatic carboxylic acids is 1. The maximum absolute atomic E-state index is 12.0. The van der Waals surface area contributed by atoms with Gasteiger partial charge < -0.3 is 15.2 Å². The van der Waals surface area contributed by atoms with Gasteiger partial charge in [0.1, 0.15) is 16.0 Å². The summed E-state index contributed by atoms with van der Waals surface area (Å²) in [6.45, 7) is 1.38. The number of aromatic nitrogens is 1. The van der Waals surface area contributed by atoms with Gasteiger partial charge in [0.05, 0.1) is 6.20 Å². The lowest BCUT2D eigenvalue weighted by Gasteiger charge is -2.04. The van der Waals surface area contributed by atoms with Gasteiger partial charge >= 0.3 is 5.97 Å². The number of hydrogen-bond donors (Lipinski definition) is 2. The van der Waals surface area contributed by atoms with Crippen LogP contribution in [0.2, 0.25) is 0 Å². The van der Waals surface area contributed by atoms with E-state index < -0.39 is 5.97 Å². The molecule has 7 heteroatoms. The Morgan fingerprint density at radius 1 is 1.36 bits per heavy atom. The van der Waals surface area contributed by atoms with E-state index in [1.165, 1.54) is 11.3 Å². The normalized spacial score (nSPS) is 17.5. The number of carboxylic acid groups (broad SMARTS) is 1. The Morgan fingerprint density at radius 2 is 2.18 bits per heavy atom. The number of carbonyl (C=O) groups is 2. The van der Waals surface area contributed by atoms with Crippen molar-refractivity contribution in [1.82, 2.24) is 10.3 Å². The third-order valence-corrected chi connectivity index (χ3v) is 4.64. The topological polar surface area (TPSA) is 88.5 Å². The minimum absolute atomic E-state index is 0.0563. The molecule has 1 aromatic rings. The number of unbranched alkanes of at least 4 members (excludes halogenated alkanes) is 3. The molecule has 1 aliphatic heterocycles. The first-order valence-corrected chi connectivity index (χ1v) is 8.56. The molecule has 6 nitrogen and oxygen atoms in total. The number of hydrogen-bond acceptors (Lipinski definition) is 5.